The largest absolute Gasteiger partial charge is 0.331 e. The number of hydrogen-bond acceptors (Lipinski definition) is 6. The van der Waals surface area contributed by atoms with Gasteiger partial charge >= 0.3 is 0 Å². The standard InChI is InChI=1S/C32H26ClFN4O4S2/c1-19-6-4-8-24(34)28(19)36-31(39)26-18-21-15-17-38(25-9-3-2-7-23(25)29(21)43-26)32(40)20-11-13-22(14-12-20)37-44(41,42)27-10-5-16-35-30(27)33/h2-14,16,18,23,25,37H,15,17H2,1H3,(H,36,39). The molecule has 6 rings (SSSR count). The Labute approximate surface area is 262 Å². The van der Waals surface area contributed by atoms with E-state index in [1.807, 2.05) is 30.4 Å². The van der Waals surface area contributed by atoms with Crippen LogP contribution in [0.3, 0.4) is 0 Å². The van der Waals surface area contributed by atoms with Gasteiger partial charge in [0.05, 0.1) is 16.6 Å². The molecule has 8 nitrogen and oxygen atoms in total. The van der Waals surface area contributed by atoms with Gasteiger partial charge in [0.1, 0.15) is 15.9 Å². The van der Waals surface area contributed by atoms with E-state index < -0.39 is 15.8 Å². The van der Waals surface area contributed by atoms with Crippen LogP contribution in [0.5, 0.6) is 0 Å². The summed E-state index contributed by atoms with van der Waals surface area (Å²) in [6.07, 6.45) is 9.75. The molecule has 224 valence electrons. The third kappa shape index (κ3) is 5.78. The van der Waals surface area contributed by atoms with E-state index in [1.165, 1.54) is 47.9 Å². The number of amides is 2. The minimum Gasteiger partial charge on any atom is -0.331 e. The Hall–Kier alpha value is -4.32. The topological polar surface area (TPSA) is 108 Å². The van der Waals surface area contributed by atoms with Crippen molar-refractivity contribution in [3.63, 3.8) is 0 Å². The number of sulfonamides is 1. The van der Waals surface area contributed by atoms with E-state index in [0.29, 0.717) is 29.0 Å². The summed E-state index contributed by atoms with van der Waals surface area (Å²) in [5.74, 6) is -1.24. The summed E-state index contributed by atoms with van der Waals surface area (Å²) >= 11 is 7.32. The van der Waals surface area contributed by atoms with E-state index in [0.717, 1.165) is 10.4 Å². The van der Waals surface area contributed by atoms with Crippen molar-refractivity contribution in [2.45, 2.75) is 30.2 Å². The number of allylic oxidation sites excluding steroid dienone is 2. The summed E-state index contributed by atoms with van der Waals surface area (Å²) in [4.78, 5) is 33.9. The number of nitrogens with zero attached hydrogens (tertiary/aromatic N) is 2. The third-order valence-electron chi connectivity index (χ3n) is 7.58. The average Bonchev–Trinajstić information content (AvgIpc) is 3.37. The van der Waals surface area contributed by atoms with Crippen LogP contribution in [0, 0.1) is 12.7 Å². The number of fused-ring (bicyclic) bond motifs is 3. The average molecular weight is 649 g/mol. The summed E-state index contributed by atoms with van der Waals surface area (Å²) in [6.45, 7) is 2.14. The summed E-state index contributed by atoms with van der Waals surface area (Å²) in [5, 5.41) is 2.58. The summed E-state index contributed by atoms with van der Waals surface area (Å²) < 4.78 is 42.4. The van der Waals surface area contributed by atoms with Gasteiger partial charge in [0.25, 0.3) is 21.8 Å². The van der Waals surface area contributed by atoms with Crippen molar-refractivity contribution in [3.05, 3.63) is 129 Å². The van der Waals surface area contributed by atoms with E-state index in [2.05, 4.69) is 15.0 Å². The van der Waals surface area contributed by atoms with Gasteiger partial charge in [-0.05, 0) is 73.0 Å². The van der Waals surface area contributed by atoms with Gasteiger partial charge < -0.3 is 10.2 Å². The van der Waals surface area contributed by atoms with Gasteiger partial charge in [-0.25, -0.2) is 17.8 Å². The number of aryl methyl sites for hydroxylation is 1. The Bertz CT molecular complexity index is 1920. The molecule has 2 aromatic carbocycles. The van der Waals surface area contributed by atoms with Crippen molar-refractivity contribution in [2.24, 2.45) is 0 Å². The predicted molar refractivity (Wildman–Crippen MR) is 169 cm³/mol. The second-order valence-electron chi connectivity index (χ2n) is 10.4. The van der Waals surface area contributed by atoms with Crippen LogP contribution >= 0.6 is 22.9 Å². The molecule has 0 radical (unpaired) electrons. The zero-order valence-corrected chi connectivity index (χ0v) is 25.7. The van der Waals surface area contributed by atoms with E-state index in [4.69, 9.17) is 11.6 Å². The van der Waals surface area contributed by atoms with Crippen molar-refractivity contribution in [2.75, 3.05) is 16.6 Å². The van der Waals surface area contributed by atoms with Crippen LogP contribution in [0.1, 0.15) is 42.0 Å². The van der Waals surface area contributed by atoms with Crippen LogP contribution in [0.4, 0.5) is 15.8 Å². The highest BCUT2D eigenvalue weighted by molar-refractivity contribution is 7.92. The van der Waals surface area contributed by atoms with Crippen LogP contribution < -0.4 is 10.0 Å². The van der Waals surface area contributed by atoms with Crippen molar-refractivity contribution in [1.29, 1.82) is 0 Å². The number of carbonyl (C=O) groups excluding carboxylic acids is 2. The molecule has 0 fully saturated rings. The molecule has 2 aromatic heterocycles. The van der Waals surface area contributed by atoms with Gasteiger partial charge in [-0.15, -0.1) is 11.3 Å². The molecule has 0 spiro atoms. The highest BCUT2D eigenvalue weighted by atomic mass is 35.5. The predicted octanol–water partition coefficient (Wildman–Crippen LogP) is 6.57. The molecule has 2 amide bonds. The number of hydrogen-bond donors (Lipinski definition) is 2. The lowest BCUT2D eigenvalue weighted by Gasteiger charge is -2.33. The highest BCUT2D eigenvalue weighted by Crippen LogP contribution is 2.40. The second-order valence-corrected chi connectivity index (χ2v) is 13.5. The van der Waals surface area contributed by atoms with E-state index in [1.54, 1.807) is 36.1 Å². The molecule has 12 heteroatoms. The molecule has 1 aliphatic heterocycles. The molecule has 0 bridgehead atoms. The SMILES string of the molecule is Cc1cccc(F)c1NC(=O)c1cc2c(s1)C1C=CC=CC1N(C(=O)c1ccc(NS(=O)(=O)c3cccnc3Cl)cc1)CC2. The quantitative estimate of drug-likeness (QED) is 0.230. The third-order valence-corrected chi connectivity index (χ3v) is 10.7. The maximum atomic E-state index is 14.4. The normalized spacial score (nSPS) is 17.4. The fourth-order valence-electron chi connectivity index (χ4n) is 5.39. The number of thiophene rings is 1. The zero-order chi connectivity index (χ0) is 31.0. The van der Waals surface area contributed by atoms with E-state index in [9.17, 15) is 22.4 Å². The lowest BCUT2D eigenvalue weighted by atomic mass is 9.91. The number of pyridine rings is 1. The van der Waals surface area contributed by atoms with Crippen molar-refractivity contribution >= 4 is 56.2 Å². The molecule has 2 N–H and O–H groups in total. The second kappa shape index (κ2) is 12.0. The van der Waals surface area contributed by atoms with Crippen LogP contribution in [0.15, 0.2) is 96.1 Å². The number of halogens is 2. The van der Waals surface area contributed by atoms with Crippen molar-refractivity contribution in [1.82, 2.24) is 9.88 Å². The summed E-state index contributed by atoms with van der Waals surface area (Å²) in [7, 11) is -3.98. The van der Waals surface area contributed by atoms with Crippen LogP contribution in [0.25, 0.3) is 0 Å². The first-order valence-corrected chi connectivity index (χ1v) is 16.4. The maximum Gasteiger partial charge on any atom is 0.265 e. The summed E-state index contributed by atoms with van der Waals surface area (Å²) in [6, 6.07) is 15.2. The lowest BCUT2D eigenvalue weighted by Crippen LogP contribution is -2.42. The Morgan fingerprint density at radius 3 is 2.59 bits per heavy atom. The Morgan fingerprint density at radius 1 is 1.07 bits per heavy atom. The van der Waals surface area contributed by atoms with Gasteiger partial charge in [0, 0.05) is 34.8 Å². The molecule has 2 aliphatic rings. The van der Waals surface area contributed by atoms with Crippen molar-refractivity contribution < 1.29 is 22.4 Å². The molecular formula is C32H26ClFN4O4S2. The van der Waals surface area contributed by atoms with Gasteiger partial charge in [0.15, 0.2) is 0 Å². The van der Waals surface area contributed by atoms with Gasteiger partial charge in [0.2, 0.25) is 0 Å². The first kappa shape index (κ1) is 29.7. The number of para-hydroxylation sites is 1. The molecule has 2 atom stereocenters. The maximum absolute atomic E-state index is 14.4. The smallest absolute Gasteiger partial charge is 0.265 e. The van der Waals surface area contributed by atoms with E-state index >= 15 is 0 Å². The van der Waals surface area contributed by atoms with Gasteiger partial charge in [-0.3, -0.25) is 14.3 Å². The molecule has 2 unspecified atom stereocenters. The fourth-order valence-corrected chi connectivity index (χ4v) is 8.13. The number of carbonyl (C=O) groups is 2. The lowest BCUT2D eigenvalue weighted by molar-refractivity contribution is 0.0710. The van der Waals surface area contributed by atoms with E-state index in [-0.39, 0.29) is 45.2 Å². The highest BCUT2D eigenvalue weighted by Gasteiger charge is 2.36. The Kier molecular flexibility index (Phi) is 8.10. The van der Waals surface area contributed by atoms with Gasteiger partial charge in [-0.2, -0.15) is 0 Å². The van der Waals surface area contributed by atoms with Crippen LogP contribution in [-0.2, 0) is 16.4 Å². The number of aromatic nitrogens is 1. The zero-order valence-electron chi connectivity index (χ0n) is 23.3. The number of nitrogens with one attached hydrogen (secondary N) is 2. The van der Waals surface area contributed by atoms with Crippen molar-refractivity contribution in [3.8, 4) is 0 Å². The Balaban J connectivity index is 1.20. The number of anilines is 2. The van der Waals surface area contributed by atoms with Crippen LogP contribution in [0.2, 0.25) is 5.15 Å². The van der Waals surface area contributed by atoms with Crippen LogP contribution in [-0.4, -0.2) is 42.7 Å². The fraction of sp³-hybridized carbons (Fsp3) is 0.156. The number of benzene rings is 2. The first-order valence-electron chi connectivity index (χ1n) is 13.7. The minimum atomic E-state index is -3.98. The number of rotatable bonds is 6. The first-order chi connectivity index (χ1) is 21.1. The minimum absolute atomic E-state index is 0.140. The molecule has 0 saturated carbocycles. The molecular weight excluding hydrogens is 623 g/mol. The molecule has 4 aromatic rings. The van der Waals surface area contributed by atoms with Gasteiger partial charge in [-0.1, -0.05) is 48.0 Å². The molecule has 3 heterocycles. The molecule has 1 aliphatic carbocycles. The Morgan fingerprint density at radius 2 is 1.84 bits per heavy atom. The molecule has 44 heavy (non-hydrogen) atoms. The monoisotopic (exact) mass is 648 g/mol. The summed E-state index contributed by atoms with van der Waals surface area (Å²) in [5.41, 5.74) is 2.44. The molecule has 0 saturated heterocycles.